The Morgan fingerprint density at radius 1 is 1.35 bits per heavy atom. The number of carbonyl (C=O) groups excluding carboxylic acids is 1. The van der Waals surface area contributed by atoms with Crippen molar-refractivity contribution in [3.63, 3.8) is 0 Å². The van der Waals surface area contributed by atoms with Crippen LogP contribution in [0.15, 0.2) is 36.5 Å². The summed E-state index contributed by atoms with van der Waals surface area (Å²) >= 11 is 0. The standard InChI is InChI=1S/C16H21N3O/c1-4-14-7-5-6-8-15(14)17-16(20)11-13(3)19-10-9-12(2)18-19/h5-10,13H,4,11H2,1-3H3,(H,17,20)/t13-/m0/s1. The summed E-state index contributed by atoms with van der Waals surface area (Å²) in [7, 11) is 0. The van der Waals surface area contributed by atoms with Gasteiger partial charge in [-0.15, -0.1) is 0 Å². The number of aryl methyl sites for hydroxylation is 2. The number of benzene rings is 1. The lowest BCUT2D eigenvalue weighted by Gasteiger charge is -2.14. The van der Waals surface area contributed by atoms with Crippen molar-refractivity contribution < 1.29 is 4.79 Å². The summed E-state index contributed by atoms with van der Waals surface area (Å²) in [5, 5.41) is 7.33. The van der Waals surface area contributed by atoms with Crippen molar-refractivity contribution in [3.05, 3.63) is 47.8 Å². The summed E-state index contributed by atoms with van der Waals surface area (Å²) in [5.74, 6) is 0.0200. The normalized spacial score (nSPS) is 12.2. The summed E-state index contributed by atoms with van der Waals surface area (Å²) in [4.78, 5) is 12.1. The number of hydrogen-bond acceptors (Lipinski definition) is 2. The Morgan fingerprint density at radius 3 is 2.75 bits per heavy atom. The molecule has 2 rings (SSSR count). The van der Waals surface area contributed by atoms with Gasteiger partial charge in [0.1, 0.15) is 0 Å². The Bertz CT molecular complexity index is 589. The molecule has 0 aliphatic heterocycles. The predicted octanol–water partition coefficient (Wildman–Crippen LogP) is 3.34. The van der Waals surface area contributed by atoms with Crippen molar-refractivity contribution in [2.24, 2.45) is 0 Å². The van der Waals surface area contributed by atoms with Crippen molar-refractivity contribution in [2.45, 2.75) is 39.7 Å². The molecule has 1 aromatic carbocycles. The van der Waals surface area contributed by atoms with Crippen LogP contribution in [0, 0.1) is 6.92 Å². The van der Waals surface area contributed by atoms with E-state index in [0.717, 1.165) is 23.4 Å². The number of aromatic nitrogens is 2. The van der Waals surface area contributed by atoms with Gasteiger partial charge in [-0.25, -0.2) is 0 Å². The minimum Gasteiger partial charge on any atom is -0.326 e. The van der Waals surface area contributed by atoms with E-state index in [1.54, 1.807) is 0 Å². The van der Waals surface area contributed by atoms with Crippen LogP contribution in [0.1, 0.15) is 37.6 Å². The lowest BCUT2D eigenvalue weighted by Crippen LogP contribution is -2.18. The fourth-order valence-corrected chi connectivity index (χ4v) is 2.19. The second kappa shape index (κ2) is 6.37. The molecule has 1 N–H and O–H groups in total. The van der Waals surface area contributed by atoms with Crippen LogP contribution in [0.5, 0.6) is 0 Å². The SMILES string of the molecule is CCc1ccccc1NC(=O)C[C@H](C)n1ccc(C)n1. The van der Waals surface area contributed by atoms with Crippen LogP contribution in [0.4, 0.5) is 5.69 Å². The van der Waals surface area contributed by atoms with Gasteiger partial charge >= 0.3 is 0 Å². The molecule has 0 fully saturated rings. The van der Waals surface area contributed by atoms with Crippen LogP contribution in [-0.2, 0) is 11.2 Å². The van der Waals surface area contributed by atoms with Gasteiger partial charge in [-0.1, -0.05) is 25.1 Å². The zero-order valence-corrected chi connectivity index (χ0v) is 12.3. The van der Waals surface area contributed by atoms with E-state index in [9.17, 15) is 4.79 Å². The summed E-state index contributed by atoms with van der Waals surface area (Å²) in [5.41, 5.74) is 3.03. The third kappa shape index (κ3) is 3.47. The summed E-state index contributed by atoms with van der Waals surface area (Å²) in [6.45, 7) is 6.03. The highest BCUT2D eigenvalue weighted by Crippen LogP contribution is 2.17. The second-order valence-electron chi connectivity index (χ2n) is 5.05. The first kappa shape index (κ1) is 14.3. The Hall–Kier alpha value is -2.10. The average Bonchev–Trinajstić information content (AvgIpc) is 2.86. The largest absolute Gasteiger partial charge is 0.326 e. The van der Waals surface area contributed by atoms with E-state index in [4.69, 9.17) is 0 Å². The van der Waals surface area contributed by atoms with Crippen molar-refractivity contribution in [3.8, 4) is 0 Å². The van der Waals surface area contributed by atoms with Crippen LogP contribution in [0.3, 0.4) is 0 Å². The summed E-state index contributed by atoms with van der Waals surface area (Å²) < 4.78 is 1.83. The Kier molecular flexibility index (Phi) is 4.56. The van der Waals surface area contributed by atoms with Crippen LogP contribution < -0.4 is 5.32 Å². The number of carbonyl (C=O) groups is 1. The number of anilines is 1. The number of nitrogens with zero attached hydrogens (tertiary/aromatic N) is 2. The van der Waals surface area contributed by atoms with Crippen LogP contribution >= 0.6 is 0 Å². The first-order valence-corrected chi connectivity index (χ1v) is 6.99. The lowest BCUT2D eigenvalue weighted by molar-refractivity contribution is -0.116. The number of para-hydroxylation sites is 1. The predicted molar refractivity (Wildman–Crippen MR) is 80.7 cm³/mol. The van der Waals surface area contributed by atoms with Gasteiger partial charge in [-0.05, 0) is 38.0 Å². The Labute approximate surface area is 119 Å². The maximum absolute atomic E-state index is 12.1. The first-order valence-electron chi connectivity index (χ1n) is 6.99. The van der Waals surface area contributed by atoms with Gasteiger partial charge in [-0.2, -0.15) is 5.10 Å². The van der Waals surface area contributed by atoms with Crippen molar-refractivity contribution >= 4 is 11.6 Å². The maximum Gasteiger partial charge on any atom is 0.226 e. The van der Waals surface area contributed by atoms with E-state index in [1.807, 2.05) is 55.1 Å². The van der Waals surface area contributed by atoms with Crippen LogP contribution in [0.25, 0.3) is 0 Å². The van der Waals surface area contributed by atoms with Gasteiger partial charge in [0.15, 0.2) is 0 Å². The molecule has 0 unspecified atom stereocenters. The highest BCUT2D eigenvalue weighted by Gasteiger charge is 2.12. The molecule has 1 heterocycles. The van der Waals surface area contributed by atoms with Gasteiger partial charge in [0.2, 0.25) is 5.91 Å². The molecule has 106 valence electrons. The molecule has 0 saturated carbocycles. The second-order valence-corrected chi connectivity index (χ2v) is 5.05. The average molecular weight is 271 g/mol. The maximum atomic E-state index is 12.1. The first-order chi connectivity index (χ1) is 9.60. The molecular formula is C16H21N3O. The highest BCUT2D eigenvalue weighted by molar-refractivity contribution is 5.91. The lowest BCUT2D eigenvalue weighted by atomic mass is 10.1. The van der Waals surface area contributed by atoms with E-state index in [0.29, 0.717) is 6.42 Å². The highest BCUT2D eigenvalue weighted by atomic mass is 16.1. The van der Waals surface area contributed by atoms with Crippen molar-refractivity contribution in [1.29, 1.82) is 0 Å². The summed E-state index contributed by atoms with van der Waals surface area (Å²) in [6.07, 6.45) is 3.23. The molecule has 0 spiro atoms. The minimum atomic E-state index is 0.0200. The van der Waals surface area contributed by atoms with Crippen LogP contribution in [0.2, 0.25) is 0 Å². The molecule has 2 aromatic rings. The molecule has 20 heavy (non-hydrogen) atoms. The number of rotatable bonds is 5. The number of nitrogens with one attached hydrogen (secondary N) is 1. The number of hydrogen-bond donors (Lipinski definition) is 1. The fraction of sp³-hybridized carbons (Fsp3) is 0.375. The molecular weight excluding hydrogens is 250 g/mol. The molecule has 0 saturated heterocycles. The molecule has 1 atom stereocenters. The monoisotopic (exact) mass is 271 g/mol. The zero-order chi connectivity index (χ0) is 14.5. The van der Waals surface area contributed by atoms with E-state index in [2.05, 4.69) is 17.3 Å². The third-order valence-corrected chi connectivity index (χ3v) is 3.35. The van der Waals surface area contributed by atoms with Gasteiger partial charge in [0.05, 0.1) is 11.7 Å². The quantitative estimate of drug-likeness (QED) is 0.906. The third-order valence-electron chi connectivity index (χ3n) is 3.35. The van der Waals surface area contributed by atoms with E-state index in [-0.39, 0.29) is 11.9 Å². The number of amides is 1. The van der Waals surface area contributed by atoms with Crippen LogP contribution in [-0.4, -0.2) is 15.7 Å². The van der Waals surface area contributed by atoms with E-state index in [1.165, 1.54) is 0 Å². The topological polar surface area (TPSA) is 46.9 Å². The van der Waals surface area contributed by atoms with E-state index >= 15 is 0 Å². The Balaban J connectivity index is 1.98. The summed E-state index contributed by atoms with van der Waals surface area (Å²) in [6, 6.07) is 9.91. The zero-order valence-electron chi connectivity index (χ0n) is 12.3. The van der Waals surface area contributed by atoms with Gasteiger partial charge < -0.3 is 5.32 Å². The molecule has 1 aromatic heterocycles. The fourth-order valence-electron chi connectivity index (χ4n) is 2.19. The van der Waals surface area contributed by atoms with Gasteiger partial charge in [0.25, 0.3) is 0 Å². The molecule has 0 aliphatic carbocycles. The molecule has 4 nitrogen and oxygen atoms in total. The van der Waals surface area contributed by atoms with E-state index < -0.39 is 0 Å². The Morgan fingerprint density at radius 2 is 2.10 bits per heavy atom. The molecule has 4 heteroatoms. The molecule has 1 amide bonds. The van der Waals surface area contributed by atoms with Crippen molar-refractivity contribution in [1.82, 2.24) is 9.78 Å². The smallest absolute Gasteiger partial charge is 0.226 e. The molecule has 0 radical (unpaired) electrons. The molecule has 0 aliphatic rings. The van der Waals surface area contributed by atoms with Crippen molar-refractivity contribution in [2.75, 3.05) is 5.32 Å². The minimum absolute atomic E-state index is 0.0200. The molecule has 0 bridgehead atoms. The van der Waals surface area contributed by atoms with Gasteiger partial charge in [-0.3, -0.25) is 9.48 Å². The van der Waals surface area contributed by atoms with Gasteiger partial charge in [0, 0.05) is 18.3 Å².